The van der Waals surface area contributed by atoms with Crippen LogP contribution in [0.5, 0.6) is 0 Å². The third-order valence-corrected chi connectivity index (χ3v) is 2.85. The fraction of sp³-hybridized carbons (Fsp3) is 0.286. The fourth-order valence-electron chi connectivity index (χ4n) is 1.92. The molecule has 3 heteroatoms. The van der Waals surface area contributed by atoms with Gasteiger partial charge in [0, 0.05) is 0 Å². The summed E-state index contributed by atoms with van der Waals surface area (Å²) >= 11 is 0. The van der Waals surface area contributed by atoms with Crippen molar-refractivity contribution in [3.63, 3.8) is 0 Å². The number of nitrogens with two attached hydrogens (primary N) is 1. The summed E-state index contributed by atoms with van der Waals surface area (Å²) in [5, 5.41) is 8.29. The zero-order valence-electron chi connectivity index (χ0n) is 10.2. The van der Waals surface area contributed by atoms with Crippen molar-refractivity contribution >= 4 is 0 Å². The normalized spacial score (nSPS) is 12.4. The Hall–Kier alpha value is -1.74. The van der Waals surface area contributed by atoms with Crippen LogP contribution < -0.4 is 5.73 Å². The first kappa shape index (κ1) is 11.7. The first-order chi connectivity index (χ1) is 8.22. The van der Waals surface area contributed by atoms with Crippen LogP contribution in [0.3, 0.4) is 0 Å². The molecule has 0 saturated heterocycles. The third kappa shape index (κ3) is 2.50. The predicted molar refractivity (Wildman–Crippen MR) is 68.6 cm³/mol. The van der Waals surface area contributed by atoms with Crippen molar-refractivity contribution in [3.05, 3.63) is 58.9 Å². The van der Waals surface area contributed by atoms with Crippen LogP contribution in [0.4, 0.5) is 0 Å². The van der Waals surface area contributed by atoms with Crippen molar-refractivity contribution in [2.24, 2.45) is 5.73 Å². The number of aryl methyl sites for hydroxylation is 2. The summed E-state index contributed by atoms with van der Waals surface area (Å²) < 4.78 is 0. The first-order valence-corrected chi connectivity index (χ1v) is 5.86. The Morgan fingerprint density at radius 2 is 1.88 bits per heavy atom. The number of hydrogen-bond donors (Lipinski definition) is 1. The maximum absolute atomic E-state index is 6.29. The minimum atomic E-state index is -0.125. The van der Waals surface area contributed by atoms with E-state index < -0.39 is 0 Å². The van der Waals surface area contributed by atoms with Crippen LogP contribution >= 0.6 is 0 Å². The van der Waals surface area contributed by atoms with Gasteiger partial charge in [-0.1, -0.05) is 37.3 Å². The van der Waals surface area contributed by atoms with Crippen LogP contribution in [0.1, 0.15) is 35.5 Å². The molecule has 0 aliphatic heterocycles. The van der Waals surface area contributed by atoms with E-state index in [9.17, 15) is 0 Å². The molecule has 0 spiro atoms. The molecule has 17 heavy (non-hydrogen) atoms. The highest BCUT2D eigenvalue weighted by molar-refractivity contribution is 5.34. The molecule has 2 rings (SSSR count). The highest BCUT2D eigenvalue weighted by Gasteiger charge is 2.13. The van der Waals surface area contributed by atoms with Gasteiger partial charge in [0.2, 0.25) is 0 Å². The molecule has 0 saturated carbocycles. The zero-order valence-corrected chi connectivity index (χ0v) is 10.2. The summed E-state index contributed by atoms with van der Waals surface area (Å²) in [5.41, 5.74) is 10.4. The lowest BCUT2D eigenvalue weighted by atomic mass is 9.97. The summed E-state index contributed by atoms with van der Waals surface area (Å²) in [7, 11) is 0. The first-order valence-electron chi connectivity index (χ1n) is 5.86. The Morgan fingerprint density at radius 1 is 1.18 bits per heavy atom. The van der Waals surface area contributed by atoms with Crippen molar-refractivity contribution < 1.29 is 0 Å². The second-order valence-electron chi connectivity index (χ2n) is 4.13. The van der Waals surface area contributed by atoms with E-state index in [-0.39, 0.29) is 6.04 Å². The van der Waals surface area contributed by atoms with Gasteiger partial charge in [-0.15, -0.1) is 0 Å². The Bertz CT molecular complexity index is 494. The summed E-state index contributed by atoms with van der Waals surface area (Å²) in [4.78, 5) is 0. The highest BCUT2D eigenvalue weighted by Crippen LogP contribution is 2.22. The van der Waals surface area contributed by atoms with Gasteiger partial charge in [-0.05, 0) is 30.5 Å². The van der Waals surface area contributed by atoms with Gasteiger partial charge in [0.15, 0.2) is 0 Å². The monoisotopic (exact) mass is 227 g/mol. The molecule has 1 unspecified atom stereocenters. The molecule has 0 bridgehead atoms. The Morgan fingerprint density at radius 3 is 2.53 bits per heavy atom. The average Bonchev–Trinajstić information content (AvgIpc) is 2.39. The van der Waals surface area contributed by atoms with Gasteiger partial charge >= 0.3 is 0 Å². The molecule has 1 heterocycles. The lowest BCUT2D eigenvalue weighted by Crippen LogP contribution is -2.15. The largest absolute Gasteiger partial charge is 0.320 e. The molecule has 0 amide bonds. The molecule has 0 aliphatic rings. The van der Waals surface area contributed by atoms with Gasteiger partial charge in [-0.2, -0.15) is 10.2 Å². The number of aromatic nitrogens is 2. The van der Waals surface area contributed by atoms with E-state index in [1.165, 1.54) is 0 Å². The van der Waals surface area contributed by atoms with Gasteiger partial charge in [0.1, 0.15) is 0 Å². The molecule has 0 aliphatic carbocycles. The topological polar surface area (TPSA) is 51.8 Å². The van der Waals surface area contributed by atoms with E-state index >= 15 is 0 Å². The van der Waals surface area contributed by atoms with Gasteiger partial charge in [0.05, 0.1) is 17.4 Å². The summed E-state index contributed by atoms with van der Waals surface area (Å²) in [6.45, 7) is 4.01. The highest BCUT2D eigenvalue weighted by atomic mass is 15.1. The molecule has 0 radical (unpaired) electrons. The van der Waals surface area contributed by atoms with E-state index in [0.717, 1.165) is 28.9 Å². The molecule has 2 N–H and O–H groups in total. The number of rotatable bonds is 3. The quantitative estimate of drug-likeness (QED) is 0.876. The molecule has 1 atom stereocenters. The van der Waals surface area contributed by atoms with E-state index in [1.807, 2.05) is 43.3 Å². The van der Waals surface area contributed by atoms with Gasteiger partial charge in [0.25, 0.3) is 0 Å². The zero-order chi connectivity index (χ0) is 12.3. The number of hydrogen-bond acceptors (Lipinski definition) is 3. The summed E-state index contributed by atoms with van der Waals surface area (Å²) in [6.07, 6.45) is 0.850. The van der Waals surface area contributed by atoms with Crippen LogP contribution in [0.15, 0.2) is 36.4 Å². The van der Waals surface area contributed by atoms with Crippen molar-refractivity contribution in [2.45, 2.75) is 26.3 Å². The smallest absolute Gasteiger partial charge is 0.0679 e. The van der Waals surface area contributed by atoms with Gasteiger partial charge < -0.3 is 5.73 Å². The van der Waals surface area contributed by atoms with Crippen LogP contribution in [0.25, 0.3) is 0 Å². The molecule has 3 nitrogen and oxygen atoms in total. The van der Waals surface area contributed by atoms with Crippen LogP contribution in [0, 0.1) is 6.92 Å². The third-order valence-electron chi connectivity index (χ3n) is 2.85. The Balaban J connectivity index is 2.43. The minimum Gasteiger partial charge on any atom is -0.320 e. The predicted octanol–water partition coefficient (Wildman–Crippen LogP) is 2.40. The van der Waals surface area contributed by atoms with Crippen molar-refractivity contribution in [1.82, 2.24) is 10.2 Å². The Kier molecular flexibility index (Phi) is 3.49. The van der Waals surface area contributed by atoms with Crippen molar-refractivity contribution in [3.8, 4) is 0 Å². The maximum atomic E-state index is 6.29. The molecule has 1 aromatic heterocycles. The molecule has 1 aromatic carbocycles. The van der Waals surface area contributed by atoms with Crippen molar-refractivity contribution in [2.75, 3.05) is 0 Å². The van der Waals surface area contributed by atoms with Crippen molar-refractivity contribution in [1.29, 1.82) is 0 Å². The average molecular weight is 227 g/mol. The van der Waals surface area contributed by atoms with Crippen LogP contribution in [0.2, 0.25) is 0 Å². The van der Waals surface area contributed by atoms with E-state index in [2.05, 4.69) is 17.1 Å². The second kappa shape index (κ2) is 5.06. The molecule has 88 valence electrons. The lowest BCUT2D eigenvalue weighted by Gasteiger charge is -2.15. The van der Waals surface area contributed by atoms with Crippen LogP contribution in [-0.4, -0.2) is 10.2 Å². The number of benzene rings is 1. The van der Waals surface area contributed by atoms with E-state index in [4.69, 9.17) is 5.73 Å². The van der Waals surface area contributed by atoms with E-state index in [1.54, 1.807) is 0 Å². The fourth-order valence-corrected chi connectivity index (χ4v) is 1.92. The lowest BCUT2D eigenvalue weighted by molar-refractivity contribution is 0.790. The van der Waals surface area contributed by atoms with E-state index in [0.29, 0.717) is 0 Å². The standard InChI is InChI=1S/C14H17N3/c1-3-13-12(9-10(2)16-17-13)14(15)11-7-5-4-6-8-11/h4-9,14H,3,15H2,1-2H3. The van der Waals surface area contributed by atoms with Crippen LogP contribution in [-0.2, 0) is 6.42 Å². The molecular formula is C14H17N3. The maximum Gasteiger partial charge on any atom is 0.0679 e. The second-order valence-corrected chi connectivity index (χ2v) is 4.13. The molecule has 2 aromatic rings. The minimum absolute atomic E-state index is 0.125. The van der Waals surface area contributed by atoms with Gasteiger partial charge in [-0.3, -0.25) is 0 Å². The van der Waals surface area contributed by atoms with Gasteiger partial charge in [-0.25, -0.2) is 0 Å². The summed E-state index contributed by atoms with van der Waals surface area (Å²) in [6, 6.07) is 12.0. The Labute approximate surface area is 102 Å². The molecular weight excluding hydrogens is 210 g/mol. The summed E-state index contributed by atoms with van der Waals surface area (Å²) in [5.74, 6) is 0. The molecule has 0 fully saturated rings. The number of nitrogens with zero attached hydrogens (tertiary/aromatic N) is 2. The SMILES string of the molecule is CCc1nnc(C)cc1C(N)c1ccccc1.